The molecule has 1 aromatic carbocycles. The maximum atomic E-state index is 12.2. The van der Waals surface area contributed by atoms with Crippen LogP contribution in [0.1, 0.15) is 5.56 Å². The number of thioether (sulfide) groups is 1. The summed E-state index contributed by atoms with van der Waals surface area (Å²) >= 11 is 9.92. The summed E-state index contributed by atoms with van der Waals surface area (Å²) in [5.74, 6) is 0.674. The van der Waals surface area contributed by atoms with Crippen molar-refractivity contribution in [1.82, 2.24) is 4.90 Å². The number of ether oxygens (including phenoxy) is 1. The van der Waals surface area contributed by atoms with Gasteiger partial charge in [0.25, 0.3) is 5.91 Å². The first kappa shape index (κ1) is 15.3. The molecule has 0 N–H and O–H groups in total. The molecule has 2 rings (SSSR count). The van der Waals surface area contributed by atoms with Crippen LogP contribution in [0.4, 0.5) is 0 Å². The summed E-state index contributed by atoms with van der Waals surface area (Å²) in [7, 11) is 1.61. The molecular formula is C14H12BrNO2S2. The zero-order chi connectivity index (χ0) is 14.7. The van der Waals surface area contributed by atoms with Gasteiger partial charge < -0.3 is 4.74 Å². The van der Waals surface area contributed by atoms with Crippen molar-refractivity contribution in [3.8, 4) is 5.75 Å². The number of halogens is 1. The Labute approximate surface area is 135 Å². The van der Waals surface area contributed by atoms with Crippen LogP contribution in [-0.2, 0) is 4.79 Å². The monoisotopic (exact) mass is 369 g/mol. The molecule has 0 radical (unpaired) electrons. The number of rotatable bonds is 4. The highest BCUT2D eigenvalue weighted by Gasteiger charge is 2.30. The molecule has 1 amide bonds. The molecule has 1 heterocycles. The van der Waals surface area contributed by atoms with E-state index in [1.807, 2.05) is 24.3 Å². The van der Waals surface area contributed by atoms with Crippen LogP contribution in [0.15, 0.2) is 40.2 Å². The van der Waals surface area contributed by atoms with E-state index in [-0.39, 0.29) is 5.91 Å². The van der Waals surface area contributed by atoms with Gasteiger partial charge in [0.1, 0.15) is 10.1 Å². The third-order valence-electron chi connectivity index (χ3n) is 2.66. The molecule has 104 valence electrons. The van der Waals surface area contributed by atoms with Gasteiger partial charge in [0.15, 0.2) is 0 Å². The highest BCUT2D eigenvalue weighted by atomic mass is 79.9. The molecule has 1 fully saturated rings. The molecule has 0 aliphatic carbocycles. The minimum absolute atomic E-state index is 0.0770. The van der Waals surface area contributed by atoms with Crippen molar-refractivity contribution in [1.29, 1.82) is 0 Å². The van der Waals surface area contributed by atoms with Crippen LogP contribution in [0.3, 0.4) is 0 Å². The van der Waals surface area contributed by atoms with Crippen molar-refractivity contribution < 1.29 is 9.53 Å². The summed E-state index contributed by atoms with van der Waals surface area (Å²) in [5.41, 5.74) is 0.914. The standard InChI is InChI=1S/C14H12BrNO2S2/c1-3-6-16-13(17)12(20-14(16)19)8-9-4-5-11(18-2)10(15)7-9/h3-5,7-8H,1,6H2,2H3/b12-8+. The summed E-state index contributed by atoms with van der Waals surface area (Å²) < 4.78 is 6.58. The number of carbonyl (C=O) groups excluding carboxylic acids is 1. The van der Waals surface area contributed by atoms with Gasteiger partial charge >= 0.3 is 0 Å². The molecule has 0 atom stereocenters. The quantitative estimate of drug-likeness (QED) is 0.458. The molecule has 0 saturated carbocycles. The van der Waals surface area contributed by atoms with Crippen molar-refractivity contribution in [2.24, 2.45) is 0 Å². The van der Waals surface area contributed by atoms with Crippen LogP contribution in [0.5, 0.6) is 5.75 Å². The van der Waals surface area contributed by atoms with Gasteiger partial charge in [-0.15, -0.1) is 6.58 Å². The van der Waals surface area contributed by atoms with E-state index >= 15 is 0 Å². The van der Waals surface area contributed by atoms with E-state index in [9.17, 15) is 4.79 Å². The highest BCUT2D eigenvalue weighted by molar-refractivity contribution is 9.10. The molecule has 1 aliphatic rings. The second kappa shape index (κ2) is 6.56. The van der Waals surface area contributed by atoms with Crippen molar-refractivity contribution in [2.75, 3.05) is 13.7 Å². The van der Waals surface area contributed by atoms with Gasteiger partial charge in [-0.3, -0.25) is 9.69 Å². The lowest BCUT2D eigenvalue weighted by Gasteiger charge is -2.10. The normalized spacial score (nSPS) is 16.9. The van der Waals surface area contributed by atoms with Gasteiger partial charge in [0.05, 0.1) is 16.5 Å². The zero-order valence-electron chi connectivity index (χ0n) is 10.8. The Bertz CT molecular complexity index is 613. The molecule has 1 aromatic rings. The zero-order valence-corrected chi connectivity index (χ0v) is 14.0. The van der Waals surface area contributed by atoms with Gasteiger partial charge in [-0.25, -0.2) is 0 Å². The fraction of sp³-hybridized carbons (Fsp3) is 0.143. The molecule has 1 aliphatic heterocycles. The summed E-state index contributed by atoms with van der Waals surface area (Å²) in [6.45, 7) is 4.07. The van der Waals surface area contributed by atoms with E-state index in [0.29, 0.717) is 15.8 Å². The molecule has 0 unspecified atom stereocenters. The molecule has 3 nitrogen and oxygen atoms in total. The van der Waals surface area contributed by atoms with E-state index in [1.165, 1.54) is 16.7 Å². The number of carbonyl (C=O) groups is 1. The lowest BCUT2D eigenvalue weighted by Crippen LogP contribution is -2.27. The average molecular weight is 370 g/mol. The lowest BCUT2D eigenvalue weighted by molar-refractivity contribution is -0.121. The van der Waals surface area contributed by atoms with Crippen molar-refractivity contribution >= 4 is 56.2 Å². The molecule has 20 heavy (non-hydrogen) atoms. The second-order valence-corrected chi connectivity index (χ2v) is 6.51. The second-order valence-electron chi connectivity index (χ2n) is 3.97. The molecular weight excluding hydrogens is 358 g/mol. The Morgan fingerprint density at radius 3 is 2.90 bits per heavy atom. The minimum Gasteiger partial charge on any atom is -0.496 e. The Balaban J connectivity index is 2.28. The largest absolute Gasteiger partial charge is 0.496 e. The third-order valence-corrected chi connectivity index (χ3v) is 4.66. The van der Waals surface area contributed by atoms with Crippen LogP contribution < -0.4 is 4.74 Å². The number of benzene rings is 1. The van der Waals surface area contributed by atoms with Gasteiger partial charge in [0.2, 0.25) is 0 Å². The van der Waals surface area contributed by atoms with E-state index in [2.05, 4.69) is 22.5 Å². The summed E-state index contributed by atoms with van der Waals surface area (Å²) in [5, 5.41) is 0. The number of hydrogen-bond donors (Lipinski definition) is 0. The van der Waals surface area contributed by atoms with Crippen LogP contribution in [0, 0.1) is 0 Å². The Morgan fingerprint density at radius 2 is 2.30 bits per heavy atom. The van der Waals surface area contributed by atoms with E-state index in [4.69, 9.17) is 17.0 Å². The number of nitrogens with zero attached hydrogens (tertiary/aromatic N) is 1. The number of hydrogen-bond acceptors (Lipinski definition) is 4. The first-order valence-corrected chi connectivity index (χ1v) is 7.78. The fourth-order valence-electron chi connectivity index (χ4n) is 1.71. The van der Waals surface area contributed by atoms with Gasteiger partial charge in [-0.1, -0.05) is 36.1 Å². The Morgan fingerprint density at radius 1 is 1.55 bits per heavy atom. The maximum absolute atomic E-state index is 12.2. The minimum atomic E-state index is -0.0770. The highest BCUT2D eigenvalue weighted by Crippen LogP contribution is 2.33. The summed E-state index contributed by atoms with van der Waals surface area (Å²) in [6, 6.07) is 5.64. The molecule has 1 saturated heterocycles. The summed E-state index contributed by atoms with van der Waals surface area (Å²) in [6.07, 6.45) is 3.49. The predicted octanol–water partition coefficient (Wildman–Crippen LogP) is 3.84. The van der Waals surface area contributed by atoms with Crippen LogP contribution in [-0.4, -0.2) is 28.8 Å². The average Bonchev–Trinajstić information content (AvgIpc) is 2.67. The van der Waals surface area contributed by atoms with Crippen LogP contribution in [0.25, 0.3) is 6.08 Å². The molecule has 0 bridgehead atoms. The fourth-order valence-corrected chi connectivity index (χ4v) is 3.54. The van der Waals surface area contributed by atoms with E-state index < -0.39 is 0 Å². The van der Waals surface area contributed by atoms with Gasteiger partial charge in [0, 0.05) is 6.54 Å². The lowest BCUT2D eigenvalue weighted by atomic mass is 10.2. The van der Waals surface area contributed by atoms with Crippen molar-refractivity contribution in [2.45, 2.75) is 0 Å². The van der Waals surface area contributed by atoms with Crippen molar-refractivity contribution in [3.05, 3.63) is 45.8 Å². The van der Waals surface area contributed by atoms with Gasteiger partial charge in [-0.2, -0.15) is 0 Å². The van der Waals surface area contributed by atoms with Crippen LogP contribution in [0.2, 0.25) is 0 Å². The smallest absolute Gasteiger partial charge is 0.266 e. The SMILES string of the molecule is C=CCN1C(=O)/C(=C\c2ccc(OC)c(Br)c2)SC1=S. The first-order valence-electron chi connectivity index (χ1n) is 5.76. The first-order chi connectivity index (χ1) is 9.56. The predicted molar refractivity (Wildman–Crippen MR) is 90.8 cm³/mol. The number of amides is 1. The van der Waals surface area contributed by atoms with E-state index in [1.54, 1.807) is 13.2 Å². The molecule has 0 aromatic heterocycles. The van der Waals surface area contributed by atoms with Crippen molar-refractivity contribution in [3.63, 3.8) is 0 Å². The third kappa shape index (κ3) is 3.13. The van der Waals surface area contributed by atoms with E-state index in [0.717, 1.165) is 15.8 Å². The molecule has 6 heteroatoms. The van der Waals surface area contributed by atoms with Gasteiger partial charge in [-0.05, 0) is 39.7 Å². The summed E-state index contributed by atoms with van der Waals surface area (Å²) in [4.78, 5) is 14.3. The number of methoxy groups -OCH3 is 1. The number of thiocarbonyl (C=S) groups is 1. The molecule has 0 spiro atoms. The topological polar surface area (TPSA) is 29.5 Å². The van der Waals surface area contributed by atoms with Crippen LogP contribution >= 0.6 is 39.9 Å². The Hall–Kier alpha value is -1.11. The Kier molecular flexibility index (Phi) is 5.01. The maximum Gasteiger partial charge on any atom is 0.266 e.